The fourth-order valence-corrected chi connectivity index (χ4v) is 2.78. The first kappa shape index (κ1) is 11.1. The molecule has 1 saturated heterocycles. The molecular weight excluding hydrogens is 178 g/mol. The van der Waals surface area contributed by atoms with E-state index in [4.69, 9.17) is 0 Å². The predicted molar refractivity (Wildman–Crippen MR) is 62.4 cm³/mol. The fourth-order valence-electron chi connectivity index (χ4n) is 1.62. The molecule has 0 spiro atoms. The van der Waals surface area contributed by atoms with Crippen LogP contribution in [0.5, 0.6) is 0 Å². The van der Waals surface area contributed by atoms with Crippen LogP contribution < -0.4 is 0 Å². The summed E-state index contributed by atoms with van der Waals surface area (Å²) in [6, 6.07) is 0.710. The molecule has 0 aromatic carbocycles. The minimum absolute atomic E-state index is 0.710. The average molecular weight is 199 g/mol. The van der Waals surface area contributed by atoms with Crippen molar-refractivity contribution in [3.63, 3.8) is 0 Å². The average Bonchev–Trinajstić information content (AvgIpc) is 2.13. The lowest BCUT2D eigenvalue weighted by Gasteiger charge is -2.37. The number of nitrogens with zero attached hydrogens (tertiary/aromatic N) is 1. The van der Waals surface area contributed by atoms with Gasteiger partial charge in [0.05, 0.1) is 0 Å². The van der Waals surface area contributed by atoms with E-state index in [1.807, 2.05) is 0 Å². The lowest BCUT2D eigenvalue weighted by atomic mass is 10.1. The minimum Gasteiger partial charge on any atom is -0.295 e. The first-order valence-corrected chi connectivity index (χ1v) is 6.22. The summed E-state index contributed by atoms with van der Waals surface area (Å²) >= 11 is 2.09. The maximum Gasteiger partial charge on any atom is 0.0193 e. The van der Waals surface area contributed by atoms with Gasteiger partial charge in [0.25, 0.3) is 0 Å². The molecule has 76 valence electrons. The van der Waals surface area contributed by atoms with Crippen molar-refractivity contribution in [2.45, 2.75) is 38.5 Å². The van der Waals surface area contributed by atoms with Gasteiger partial charge in [0.15, 0.2) is 0 Å². The summed E-state index contributed by atoms with van der Waals surface area (Å²) in [4.78, 5) is 2.56. The van der Waals surface area contributed by atoms with Crippen LogP contribution in [0.15, 0.2) is 12.2 Å². The Kier molecular flexibility index (Phi) is 4.33. The first-order valence-electron chi connectivity index (χ1n) is 5.17. The lowest BCUT2D eigenvalue weighted by Crippen LogP contribution is -2.45. The standard InChI is InChI=1S/C11H21NS/c1-5-9(2)8-12-6-7-13-11(4)10(12)3/h10-11H,2,5-8H2,1,3-4H3. The highest BCUT2D eigenvalue weighted by Gasteiger charge is 2.24. The zero-order valence-electron chi connectivity index (χ0n) is 9.05. The molecule has 2 atom stereocenters. The van der Waals surface area contributed by atoms with Crippen molar-refractivity contribution in [1.29, 1.82) is 0 Å². The van der Waals surface area contributed by atoms with Crippen LogP contribution in [0, 0.1) is 0 Å². The third-order valence-electron chi connectivity index (χ3n) is 2.94. The Hall–Kier alpha value is 0.0500. The molecule has 0 amide bonds. The van der Waals surface area contributed by atoms with Crippen molar-refractivity contribution in [3.05, 3.63) is 12.2 Å². The largest absolute Gasteiger partial charge is 0.295 e. The predicted octanol–water partition coefficient (Wildman–Crippen LogP) is 2.78. The summed E-state index contributed by atoms with van der Waals surface area (Å²) in [5, 5.41) is 0.776. The zero-order valence-corrected chi connectivity index (χ0v) is 9.86. The number of hydrogen-bond donors (Lipinski definition) is 0. The van der Waals surface area contributed by atoms with Crippen LogP contribution in [-0.4, -0.2) is 35.0 Å². The first-order chi connectivity index (χ1) is 6.15. The van der Waals surface area contributed by atoms with Gasteiger partial charge in [-0.2, -0.15) is 11.8 Å². The molecule has 2 unspecified atom stereocenters. The molecule has 0 aromatic heterocycles. The van der Waals surface area contributed by atoms with Crippen LogP contribution in [0.4, 0.5) is 0 Å². The van der Waals surface area contributed by atoms with Crippen LogP contribution in [0.3, 0.4) is 0 Å². The van der Waals surface area contributed by atoms with Gasteiger partial charge in [0, 0.05) is 30.1 Å². The monoisotopic (exact) mass is 199 g/mol. The van der Waals surface area contributed by atoms with Gasteiger partial charge < -0.3 is 0 Å². The van der Waals surface area contributed by atoms with Gasteiger partial charge in [0.2, 0.25) is 0 Å². The molecular formula is C11H21NS. The van der Waals surface area contributed by atoms with E-state index in [-0.39, 0.29) is 0 Å². The maximum atomic E-state index is 4.08. The van der Waals surface area contributed by atoms with Crippen molar-refractivity contribution >= 4 is 11.8 Å². The van der Waals surface area contributed by atoms with Crippen LogP contribution >= 0.6 is 11.8 Å². The second-order valence-electron chi connectivity index (χ2n) is 3.89. The molecule has 1 aliphatic rings. The van der Waals surface area contributed by atoms with E-state index in [0.29, 0.717) is 6.04 Å². The van der Waals surface area contributed by atoms with E-state index < -0.39 is 0 Å². The third-order valence-corrected chi connectivity index (χ3v) is 4.28. The Bertz CT molecular complexity index is 179. The van der Waals surface area contributed by atoms with Gasteiger partial charge >= 0.3 is 0 Å². The van der Waals surface area contributed by atoms with Gasteiger partial charge in [-0.05, 0) is 13.3 Å². The molecule has 0 saturated carbocycles. The van der Waals surface area contributed by atoms with E-state index in [2.05, 4.69) is 44.0 Å². The van der Waals surface area contributed by atoms with E-state index >= 15 is 0 Å². The normalized spacial score (nSPS) is 30.4. The molecule has 1 fully saturated rings. The van der Waals surface area contributed by atoms with Gasteiger partial charge in [-0.15, -0.1) is 0 Å². The molecule has 0 bridgehead atoms. The summed E-state index contributed by atoms with van der Waals surface area (Å²) in [5.74, 6) is 1.28. The highest BCUT2D eigenvalue weighted by atomic mass is 32.2. The molecule has 2 heteroatoms. The van der Waals surface area contributed by atoms with E-state index in [1.165, 1.54) is 17.9 Å². The quantitative estimate of drug-likeness (QED) is 0.643. The Labute approximate surface area is 86.6 Å². The Morgan fingerprint density at radius 2 is 2.23 bits per heavy atom. The topological polar surface area (TPSA) is 3.24 Å². The fraction of sp³-hybridized carbons (Fsp3) is 0.818. The second-order valence-corrected chi connectivity index (χ2v) is 5.38. The molecule has 0 aliphatic carbocycles. The maximum absolute atomic E-state index is 4.08. The van der Waals surface area contributed by atoms with E-state index in [9.17, 15) is 0 Å². The number of rotatable bonds is 3. The third kappa shape index (κ3) is 3.03. The van der Waals surface area contributed by atoms with Gasteiger partial charge in [-0.1, -0.05) is 26.0 Å². The molecule has 13 heavy (non-hydrogen) atoms. The minimum atomic E-state index is 0.710. The molecule has 1 heterocycles. The molecule has 0 radical (unpaired) electrons. The van der Waals surface area contributed by atoms with Crippen molar-refractivity contribution < 1.29 is 0 Å². The van der Waals surface area contributed by atoms with Crippen LogP contribution in [0.25, 0.3) is 0 Å². The lowest BCUT2D eigenvalue weighted by molar-refractivity contribution is 0.230. The van der Waals surface area contributed by atoms with Crippen molar-refractivity contribution in [1.82, 2.24) is 4.90 Å². The van der Waals surface area contributed by atoms with Crippen molar-refractivity contribution in [3.8, 4) is 0 Å². The molecule has 0 N–H and O–H groups in total. The smallest absolute Gasteiger partial charge is 0.0193 e. The highest BCUT2D eigenvalue weighted by Crippen LogP contribution is 2.24. The van der Waals surface area contributed by atoms with Gasteiger partial charge in [0.1, 0.15) is 0 Å². The summed E-state index contributed by atoms with van der Waals surface area (Å²) in [6.07, 6.45) is 1.12. The van der Waals surface area contributed by atoms with Crippen molar-refractivity contribution in [2.75, 3.05) is 18.8 Å². The number of thioether (sulfide) groups is 1. The summed E-state index contributed by atoms with van der Waals surface area (Å²) in [7, 11) is 0. The summed E-state index contributed by atoms with van der Waals surface area (Å²) in [5.41, 5.74) is 1.37. The van der Waals surface area contributed by atoms with Gasteiger partial charge in [-0.3, -0.25) is 4.90 Å². The zero-order chi connectivity index (χ0) is 9.84. The van der Waals surface area contributed by atoms with Crippen molar-refractivity contribution in [2.24, 2.45) is 0 Å². The summed E-state index contributed by atoms with van der Waals surface area (Å²) in [6.45, 7) is 13.3. The highest BCUT2D eigenvalue weighted by molar-refractivity contribution is 8.00. The Morgan fingerprint density at radius 1 is 1.54 bits per heavy atom. The molecule has 1 nitrogen and oxygen atoms in total. The Balaban J connectivity index is 2.43. The van der Waals surface area contributed by atoms with Crippen LogP contribution in [0.1, 0.15) is 27.2 Å². The van der Waals surface area contributed by atoms with E-state index in [0.717, 1.165) is 18.2 Å². The summed E-state index contributed by atoms with van der Waals surface area (Å²) < 4.78 is 0. The van der Waals surface area contributed by atoms with E-state index in [1.54, 1.807) is 0 Å². The Morgan fingerprint density at radius 3 is 2.85 bits per heavy atom. The van der Waals surface area contributed by atoms with Crippen LogP contribution in [-0.2, 0) is 0 Å². The SMILES string of the molecule is C=C(CC)CN1CCSC(C)C1C. The van der Waals surface area contributed by atoms with Gasteiger partial charge in [-0.25, -0.2) is 0 Å². The number of hydrogen-bond acceptors (Lipinski definition) is 2. The molecule has 0 aromatic rings. The van der Waals surface area contributed by atoms with Crippen LogP contribution in [0.2, 0.25) is 0 Å². The molecule has 1 rings (SSSR count). The molecule has 1 aliphatic heterocycles. The second kappa shape index (κ2) is 5.06.